The van der Waals surface area contributed by atoms with Crippen LogP contribution in [0.25, 0.3) is 0 Å². The zero-order valence-electron chi connectivity index (χ0n) is 9.05. The molecular formula is C12H8Br3ClN2. The lowest BCUT2D eigenvalue weighted by Crippen LogP contribution is -2.01. The molecule has 0 amide bonds. The number of hydrogen-bond donors (Lipinski definition) is 1. The second-order valence-electron chi connectivity index (χ2n) is 3.57. The molecule has 0 aliphatic rings. The molecule has 0 saturated heterocycles. The number of hydrogen-bond acceptors (Lipinski definition) is 2. The average molecular weight is 455 g/mol. The average Bonchev–Trinajstić information content (AvgIpc) is 2.30. The van der Waals surface area contributed by atoms with Gasteiger partial charge in [-0.2, -0.15) is 0 Å². The van der Waals surface area contributed by atoms with E-state index < -0.39 is 0 Å². The van der Waals surface area contributed by atoms with E-state index in [0.717, 1.165) is 24.7 Å². The van der Waals surface area contributed by atoms with Crippen LogP contribution in [-0.4, -0.2) is 4.98 Å². The number of anilines is 1. The predicted molar refractivity (Wildman–Crippen MR) is 86.1 cm³/mol. The lowest BCUT2D eigenvalue weighted by atomic mass is 10.2. The van der Waals surface area contributed by atoms with Gasteiger partial charge in [0.15, 0.2) is 0 Å². The highest BCUT2D eigenvalue weighted by Crippen LogP contribution is 2.34. The number of halogens is 4. The summed E-state index contributed by atoms with van der Waals surface area (Å²) < 4.78 is 2.97. The van der Waals surface area contributed by atoms with Crippen LogP contribution in [-0.2, 0) is 6.54 Å². The van der Waals surface area contributed by atoms with E-state index in [0.29, 0.717) is 11.6 Å². The van der Waals surface area contributed by atoms with Crippen LogP contribution in [0, 0.1) is 0 Å². The Labute approximate surface area is 136 Å². The summed E-state index contributed by atoms with van der Waals surface area (Å²) in [5, 5.41) is 4.00. The molecule has 0 atom stereocenters. The summed E-state index contributed by atoms with van der Waals surface area (Å²) in [5.41, 5.74) is 2.00. The third kappa shape index (κ3) is 3.47. The Morgan fingerprint density at radius 3 is 2.44 bits per heavy atom. The molecule has 1 aromatic heterocycles. The number of pyridine rings is 1. The van der Waals surface area contributed by atoms with Gasteiger partial charge in [0.1, 0.15) is 0 Å². The van der Waals surface area contributed by atoms with Crippen LogP contribution >= 0.6 is 59.4 Å². The highest BCUT2D eigenvalue weighted by Gasteiger charge is 2.07. The first-order valence-electron chi connectivity index (χ1n) is 5.04. The molecule has 0 aliphatic carbocycles. The molecular weight excluding hydrogens is 447 g/mol. The van der Waals surface area contributed by atoms with Crippen molar-refractivity contribution in [2.24, 2.45) is 0 Å². The van der Waals surface area contributed by atoms with Crippen LogP contribution in [0.4, 0.5) is 5.69 Å². The molecule has 94 valence electrons. The molecule has 1 heterocycles. The first kappa shape index (κ1) is 14.3. The first-order valence-corrected chi connectivity index (χ1v) is 7.80. The predicted octanol–water partition coefficient (Wildman–Crippen LogP) is 5.63. The maximum absolute atomic E-state index is 6.06. The van der Waals surface area contributed by atoms with E-state index in [9.17, 15) is 0 Å². The van der Waals surface area contributed by atoms with E-state index >= 15 is 0 Å². The van der Waals surface area contributed by atoms with Crippen LogP contribution < -0.4 is 5.32 Å². The van der Waals surface area contributed by atoms with E-state index in [1.165, 1.54) is 0 Å². The quantitative estimate of drug-likeness (QED) is 0.649. The summed E-state index contributed by atoms with van der Waals surface area (Å²) in [6, 6.07) is 5.87. The fourth-order valence-corrected chi connectivity index (χ4v) is 4.17. The molecule has 0 radical (unpaired) electrons. The summed E-state index contributed by atoms with van der Waals surface area (Å²) >= 11 is 16.5. The summed E-state index contributed by atoms with van der Waals surface area (Å²) in [4.78, 5) is 3.96. The molecule has 0 spiro atoms. The fourth-order valence-electron chi connectivity index (χ4n) is 1.44. The largest absolute Gasteiger partial charge is 0.379 e. The van der Waals surface area contributed by atoms with Crippen LogP contribution in [0.3, 0.4) is 0 Å². The Morgan fingerprint density at radius 2 is 1.83 bits per heavy atom. The van der Waals surface area contributed by atoms with Gasteiger partial charge < -0.3 is 5.32 Å². The topological polar surface area (TPSA) is 24.9 Å². The minimum absolute atomic E-state index is 0.639. The van der Waals surface area contributed by atoms with Gasteiger partial charge in [-0.25, -0.2) is 0 Å². The normalized spacial score (nSPS) is 10.4. The van der Waals surface area contributed by atoms with E-state index in [4.69, 9.17) is 11.6 Å². The second kappa shape index (κ2) is 6.37. The molecule has 0 aliphatic heterocycles. The molecule has 2 nitrogen and oxygen atoms in total. The van der Waals surface area contributed by atoms with Gasteiger partial charge in [0.25, 0.3) is 0 Å². The summed E-state index contributed by atoms with van der Waals surface area (Å²) in [6.07, 6.45) is 3.37. The van der Waals surface area contributed by atoms with Gasteiger partial charge in [-0.15, -0.1) is 0 Å². The van der Waals surface area contributed by atoms with E-state index in [-0.39, 0.29) is 0 Å². The van der Waals surface area contributed by atoms with Crippen molar-refractivity contribution in [1.29, 1.82) is 0 Å². The molecule has 1 N–H and O–H groups in total. The van der Waals surface area contributed by atoms with Gasteiger partial charge in [-0.05, 0) is 55.6 Å². The van der Waals surface area contributed by atoms with Crippen LogP contribution in [0.1, 0.15) is 5.56 Å². The van der Waals surface area contributed by atoms with Crippen molar-refractivity contribution in [1.82, 2.24) is 4.98 Å². The third-order valence-corrected chi connectivity index (χ3v) is 4.37. The molecule has 0 bridgehead atoms. The van der Waals surface area contributed by atoms with Gasteiger partial charge >= 0.3 is 0 Å². The van der Waals surface area contributed by atoms with Crippen molar-refractivity contribution >= 4 is 65.1 Å². The first-order chi connectivity index (χ1) is 8.58. The zero-order chi connectivity index (χ0) is 13.1. The summed E-state index contributed by atoms with van der Waals surface area (Å²) in [5.74, 6) is 0. The van der Waals surface area contributed by atoms with E-state index in [1.807, 2.05) is 18.2 Å². The maximum atomic E-state index is 6.06. The monoisotopic (exact) mass is 452 g/mol. The van der Waals surface area contributed by atoms with Crippen LogP contribution in [0.15, 0.2) is 44.0 Å². The van der Waals surface area contributed by atoms with Gasteiger partial charge in [-0.3, -0.25) is 4.98 Å². The molecule has 0 fully saturated rings. The molecule has 2 rings (SSSR count). The maximum Gasteiger partial charge on any atom is 0.0639 e. The van der Waals surface area contributed by atoms with Crippen molar-refractivity contribution in [2.75, 3.05) is 5.32 Å². The van der Waals surface area contributed by atoms with Crippen molar-refractivity contribution in [3.63, 3.8) is 0 Å². The lowest BCUT2D eigenvalue weighted by molar-refractivity contribution is 1.12. The molecule has 2 aromatic rings. The van der Waals surface area contributed by atoms with Gasteiger partial charge in [0, 0.05) is 32.4 Å². The number of nitrogens with zero attached hydrogens (tertiary/aromatic N) is 1. The van der Waals surface area contributed by atoms with E-state index in [2.05, 4.69) is 58.1 Å². The molecule has 0 unspecified atom stereocenters. The van der Waals surface area contributed by atoms with Crippen molar-refractivity contribution in [2.45, 2.75) is 6.54 Å². The van der Waals surface area contributed by atoms with E-state index in [1.54, 1.807) is 12.4 Å². The van der Waals surface area contributed by atoms with Crippen molar-refractivity contribution in [3.05, 3.63) is 54.6 Å². The summed E-state index contributed by atoms with van der Waals surface area (Å²) in [7, 11) is 0. The number of aromatic nitrogens is 1. The smallest absolute Gasteiger partial charge is 0.0639 e. The van der Waals surface area contributed by atoms with Crippen LogP contribution in [0.5, 0.6) is 0 Å². The highest BCUT2D eigenvalue weighted by atomic mass is 79.9. The Morgan fingerprint density at radius 1 is 1.17 bits per heavy atom. The molecule has 18 heavy (non-hydrogen) atoms. The van der Waals surface area contributed by atoms with Crippen molar-refractivity contribution in [3.8, 4) is 0 Å². The minimum atomic E-state index is 0.639. The second-order valence-corrected chi connectivity index (χ2v) is 6.60. The standard InChI is InChI=1S/C12H8Br3ClN2/c13-8-3-9(14)12(10(15)4-8)18-5-7-1-2-17-6-11(7)16/h1-4,6,18H,5H2. The lowest BCUT2D eigenvalue weighted by Gasteiger charge is -2.12. The highest BCUT2D eigenvalue weighted by molar-refractivity contribution is 9.11. The third-order valence-electron chi connectivity index (χ3n) is 2.32. The van der Waals surface area contributed by atoms with Crippen molar-refractivity contribution < 1.29 is 0 Å². The minimum Gasteiger partial charge on any atom is -0.379 e. The Hall–Kier alpha value is -0.100. The Balaban J connectivity index is 2.19. The fraction of sp³-hybridized carbons (Fsp3) is 0.0833. The Bertz CT molecular complexity index is 552. The number of benzene rings is 1. The molecule has 1 aromatic carbocycles. The molecule has 0 saturated carbocycles. The zero-order valence-corrected chi connectivity index (χ0v) is 14.6. The van der Waals surface area contributed by atoms with Gasteiger partial charge in [-0.1, -0.05) is 27.5 Å². The SMILES string of the molecule is Clc1cnccc1CNc1c(Br)cc(Br)cc1Br. The van der Waals surface area contributed by atoms with Gasteiger partial charge in [0.2, 0.25) is 0 Å². The van der Waals surface area contributed by atoms with Gasteiger partial charge in [0.05, 0.1) is 10.7 Å². The number of rotatable bonds is 3. The molecule has 6 heteroatoms. The van der Waals surface area contributed by atoms with Crippen LogP contribution in [0.2, 0.25) is 5.02 Å². The summed E-state index contributed by atoms with van der Waals surface area (Å²) in [6.45, 7) is 0.639. The number of nitrogens with one attached hydrogen (secondary N) is 1. The Kier molecular flexibility index (Phi) is 5.06.